The van der Waals surface area contributed by atoms with Crippen LogP contribution in [0.25, 0.3) is 0 Å². The van der Waals surface area contributed by atoms with Crippen molar-refractivity contribution in [3.8, 4) is 0 Å². The Hall–Kier alpha value is -0.300. The molecule has 0 N–H and O–H groups in total. The second-order valence-electron chi connectivity index (χ2n) is 3.02. The SMILES string of the molecule is CN(C)CCCOn1nccc1I. The van der Waals surface area contributed by atoms with Crippen molar-refractivity contribution in [2.75, 3.05) is 27.2 Å². The van der Waals surface area contributed by atoms with Gasteiger partial charge in [-0.2, -0.15) is 0 Å². The Morgan fingerprint density at radius 3 is 2.92 bits per heavy atom. The standard InChI is InChI=1S/C8H14IN3O/c1-11(2)6-3-7-13-12-8(9)4-5-10-12/h4-5H,3,6-7H2,1-2H3. The number of hydrogen-bond acceptors (Lipinski definition) is 3. The lowest BCUT2D eigenvalue weighted by Crippen LogP contribution is -2.20. The molecule has 1 aromatic rings. The summed E-state index contributed by atoms with van der Waals surface area (Å²) in [5.74, 6) is 0. The summed E-state index contributed by atoms with van der Waals surface area (Å²) in [5.41, 5.74) is 0. The molecular formula is C8H14IN3O. The average molecular weight is 295 g/mol. The van der Waals surface area contributed by atoms with E-state index in [-0.39, 0.29) is 0 Å². The highest BCUT2D eigenvalue weighted by Gasteiger charge is 1.98. The van der Waals surface area contributed by atoms with Gasteiger partial charge in [-0.05, 0) is 49.2 Å². The van der Waals surface area contributed by atoms with E-state index in [9.17, 15) is 0 Å². The van der Waals surface area contributed by atoms with Crippen molar-refractivity contribution in [2.24, 2.45) is 0 Å². The fraction of sp³-hybridized carbons (Fsp3) is 0.625. The summed E-state index contributed by atoms with van der Waals surface area (Å²) in [4.78, 5) is 9.09. The van der Waals surface area contributed by atoms with Crippen molar-refractivity contribution in [2.45, 2.75) is 6.42 Å². The molecule has 4 nitrogen and oxygen atoms in total. The van der Waals surface area contributed by atoms with Gasteiger partial charge in [0.15, 0.2) is 0 Å². The third-order valence-corrected chi connectivity index (χ3v) is 2.30. The van der Waals surface area contributed by atoms with E-state index < -0.39 is 0 Å². The molecule has 0 aliphatic carbocycles. The first-order chi connectivity index (χ1) is 6.20. The maximum absolute atomic E-state index is 5.40. The highest BCUT2D eigenvalue weighted by Crippen LogP contribution is 1.99. The van der Waals surface area contributed by atoms with E-state index in [4.69, 9.17) is 4.84 Å². The van der Waals surface area contributed by atoms with E-state index >= 15 is 0 Å². The molecule has 0 radical (unpaired) electrons. The molecule has 0 amide bonds. The van der Waals surface area contributed by atoms with Crippen molar-refractivity contribution in [1.29, 1.82) is 0 Å². The second-order valence-corrected chi connectivity index (χ2v) is 4.12. The largest absolute Gasteiger partial charge is 0.396 e. The lowest BCUT2D eigenvalue weighted by Gasteiger charge is -2.09. The smallest absolute Gasteiger partial charge is 0.140 e. The Kier molecular flexibility index (Phi) is 4.51. The third kappa shape index (κ3) is 3.95. The lowest BCUT2D eigenvalue weighted by molar-refractivity contribution is 0.0718. The van der Waals surface area contributed by atoms with Crippen LogP contribution in [-0.4, -0.2) is 42.1 Å². The Labute approximate surface area is 92.0 Å². The number of aromatic nitrogens is 2. The average Bonchev–Trinajstić information content (AvgIpc) is 2.45. The minimum Gasteiger partial charge on any atom is -0.396 e. The van der Waals surface area contributed by atoms with Crippen LogP contribution in [0.4, 0.5) is 0 Å². The molecule has 0 fully saturated rings. The van der Waals surface area contributed by atoms with Crippen LogP contribution in [0.1, 0.15) is 6.42 Å². The molecule has 0 unspecified atom stereocenters. The molecule has 13 heavy (non-hydrogen) atoms. The molecular weight excluding hydrogens is 281 g/mol. The van der Waals surface area contributed by atoms with Crippen LogP contribution >= 0.6 is 22.6 Å². The molecule has 0 saturated heterocycles. The van der Waals surface area contributed by atoms with Gasteiger partial charge in [0.2, 0.25) is 0 Å². The first-order valence-electron chi connectivity index (χ1n) is 4.17. The molecule has 74 valence electrons. The van der Waals surface area contributed by atoms with E-state index in [0.29, 0.717) is 6.61 Å². The Balaban J connectivity index is 2.17. The van der Waals surface area contributed by atoms with Crippen molar-refractivity contribution in [3.63, 3.8) is 0 Å². The molecule has 0 bridgehead atoms. The van der Waals surface area contributed by atoms with E-state index in [1.807, 2.05) is 6.07 Å². The first-order valence-corrected chi connectivity index (χ1v) is 5.25. The van der Waals surface area contributed by atoms with Crippen LogP contribution < -0.4 is 4.84 Å². The van der Waals surface area contributed by atoms with Gasteiger partial charge in [-0.25, -0.2) is 0 Å². The maximum atomic E-state index is 5.40. The predicted octanol–water partition coefficient (Wildman–Crippen LogP) is 0.868. The first kappa shape index (κ1) is 10.8. The van der Waals surface area contributed by atoms with Crippen LogP contribution in [-0.2, 0) is 0 Å². The summed E-state index contributed by atoms with van der Waals surface area (Å²) in [7, 11) is 4.11. The van der Waals surface area contributed by atoms with Gasteiger partial charge in [0, 0.05) is 6.54 Å². The number of rotatable bonds is 5. The fourth-order valence-corrected chi connectivity index (χ4v) is 1.33. The highest BCUT2D eigenvalue weighted by atomic mass is 127. The van der Waals surface area contributed by atoms with Gasteiger partial charge >= 0.3 is 0 Å². The molecule has 1 rings (SSSR count). The molecule has 0 atom stereocenters. The van der Waals surface area contributed by atoms with Crippen molar-refractivity contribution < 1.29 is 4.84 Å². The molecule has 0 aliphatic heterocycles. The third-order valence-electron chi connectivity index (χ3n) is 1.53. The van der Waals surface area contributed by atoms with Crippen LogP contribution in [0.3, 0.4) is 0 Å². The van der Waals surface area contributed by atoms with E-state index in [0.717, 1.165) is 16.7 Å². The minimum absolute atomic E-state index is 0.704. The zero-order valence-electron chi connectivity index (χ0n) is 7.90. The van der Waals surface area contributed by atoms with Gasteiger partial charge in [0.05, 0.1) is 6.20 Å². The molecule has 0 saturated carbocycles. The number of nitrogens with zero attached hydrogens (tertiary/aromatic N) is 3. The zero-order valence-corrected chi connectivity index (χ0v) is 10.1. The van der Waals surface area contributed by atoms with Crippen LogP contribution in [0.2, 0.25) is 0 Å². The fourth-order valence-electron chi connectivity index (χ4n) is 0.901. The topological polar surface area (TPSA) is 30.3 Å². The second kappa shape index (κ2) is 5.43. The monoisotopic (exact) mass is 295 g/mol. The van der Waals surface area contributed by atoms with E-state index in [2.05, 4.69) is 46.7 Å². The summed E-state index contributed by atoms with van der Waals surface area (Å²) < 4.78 is 1.00. The molecule has 0 spiro atoms. The number of hydrogen-bond donors (Lipinski definition) is 0. The van der Waals surface area contributed by atoms with Crippen LogP contribution in [0, 0.1) is 3.70 Å². The molecule has 5 heteroatoms. The zero-order chi connectivity index (χ0) is 9.68. The summed E-state index contributed by atoms with van der Waals surface area (Å²) in [6.07, 6.45) is 2.75. The normalized spacial score (nSPS) is 10.8. The Morgan fingerprint density at radius 1 is 1.62 bits per heavy atom. The van der Waals surface area contributed by atoms with Gasteiger partial charge in [-0.15, -0.1) is 5.10 Å². The molecule has 0 aliphatic rings. The van der Waals surface area contributed by atoms with Gasteiger partial charge in [-0.1, -0.05) is 4.85 Å². The van der Waals surface area contributed by atoms with Gasteiger partial charge in [0.25, 0.3) is 0 Å². The highest BCUT2D eigenvalue weighted by molar-refractivity contribution is 14.1. The van der Waals surface area contributed by atoms with Gasteiger partial charge < -0.3 is 9.74 Å². The van der Waals surface area contributed by atoms with Gasteiger partial charge in [-0.3, -0.25) is 0 Å². The lowest BCUT2D eigenvalue weighted by atomic mass is 10.4. The summed E-state index contributed by atoms with van der Waals surface area (Å²) >= 11 is 2.19. The van der Waals surface area contributed by atoms with E-state index in [1.165, 1.54) is 0 Å². The van der Waals surface area contributed by atoms with Gasteiger partial charge in [0.1, 0.15) is 10.3 Å². The van der Waals surface area contributed by atoms with E-state index in [1.54, 1.807) is 11.0 Å². The Bertz CT molecular complexity index is 249. The van der Waals surface area contributed by atoms with Crippen LogP contribution in [0.5, 0.6) is 0 Å². The molecule has 0 aromatic carbocycles. The summed E-state index contributed by atoms with van der Waals surface area (Å²) in [5, 5.41) is 4.01. The predicted molar refractivity (Wildman–Crippen MR) is 59.6 cm³/mol. The Morgan fingerprint density at radius 2 is 2.38 bits per heavy atom. The van der Waals surface area contributed by atoms with Crippen molar-refractivity contribution >= 4 is 22.6 Å². The maximum Gasteiger partial charge on any atom is 0.140 e. The van der Waals surface area contributed by atoms with Crippen molar-refractivity contribution in [3.05, 3.63) is 16.0 Å². The summed E-state index contributed by atoms with van der Waals surface area (Å²) in [6.45, 7) is 1.74. The molecule has 1 aromatic heterocycles. The minimum atomic E-state index is 0.704. The van der Waals surface area contributed by atoms with Crippen LogP contribution in [0.15, 0.2) is 12.3 Å². The molecule has 1 heterocycles. The quantitative estimate of drug-likeness (QED) is 0.596. The summed E-state index contributed by atoms with van der Waals surface area (Å²) in [6, 6.07) is 1.91. The van der Waals surface area contributed by atoms with Crippen molar-refractivity contribution in [1.82, 2.24) is 14.8 Å². The number of halogens is 1.